The Kier molecular flexibility index (Phi) is 6.19. The number of aromatic carboxylic acids is 1. The minimum absolute atomic E-state index is 0.0334. The lowest BCUT2D eigenvalue weighted by atomic mass is 10.1. The largest absolute Gasteiger partial charge is 0.478 e. The van der Waals surface area contributed by atoms with Crippen molar-refractivity contribution < 1.29 is 18.3 Å². The van der Waals surface area contributed by atoms with Gasteiger partial charge >= 0.3 is 5.97 Å². The maximum Gasteiger partial charge on any atom is 0.337 e. The topological polar surface area (TPSA) is 83.5 Å². The second-order valence-corrected chi connectivity index (χ2v) is 7.56. The van der Waals surface area contributed by atoms with Gasteiger partial charge in [-0.1, -0.05) is 25.4 Å². The molecule has 1 aromatic rings. The molecule has 0 aliphatic carbocycles. The predicted octanol–water partition coefficient (Wildman–Crippen LogP) is 3.14. The Morgan fingerprint density at radius 3 is 2.38 bits per heavy atom. The van der Waals surface area contributed by atoms with Crippen molar-refractivity contribution >= 4 is 27.6 Å². The highest BCUT2D eigenvalue weighted by atomic mass is 35.5. The highest BCUT2D eigenvalue weighted by molar-refractivity contribution is 7.89. The summed E-state index contributed by atoms with van der Waals surface area (Å²) in [4.78, 5) is 10.8. The molecule has 0 amide bonds. The van der Waals surface area contributed by atoms with Crippen LogP contribution in [0, 0.1) is 5.92 Å². The summed E-state index contributed by atoms with van der Waals surface area (Å²) in [6.07, 6.45) is 1.65. The molecule has 0 aliphatic heterocycles. The van der Waals surface area contributed by atoms with Gasteiger partial charge in [0.25, 0.3) is 0 Å². The lowest BCUT2D eigenvalue weighted by molar-refractivity contribution is 0.0697. The van der Waals surface area contributed by atoms with Gasteiger partial charge in [0.2, 0.25) is 10.0 Å². The fraction of sp³-hybridized carbons (Fsp3) is 0.500. The summed E-state index contributed by atoms with van der Waals surface area (Å²) in [7, 11) is -3.70. The van der Waals surface area contributed by atoms with Crippen LogP contribution in [-0.4, -0.2) is 25.5 Å². The van der Waals surface area contributed by atoms with Gasteiger partial charge in [-0.25, -0.2) is 17.9 Å². The van der Waals surface area contributed by atoms with E-state index >= 15 is 0 Å². The Bertz CT molecular complexity index is 613. The smallest absolute Gasteiger partial charge is 0.337 e. The first kappa shape index (κ1) is 17.9. The molecule has 0 radical (unpaired) electrons. The molecule has 0 aromatic heterocycles. The van der Waals surface area contributed by atoms with Gasteiger partial charge in [-0.2, -0.15) is 0 Å². The molecule has 0 fully saturated rings. The number of rotatable bonds is 7. The quantitative estimate of drug-likeness (QED) is 0.803. The predicted molar refractivity (Wildman–Crippen MR) is 82.3 cm³/mol. The third-order valence-corrected chi connectivity index (χ3v) is 4.91. The standard InChI is InChI=1S/C14H20ClNO4S/c1-9(2)4-5-10(3)16-21(19,20)11-6-7-12(14(17)18)13(15)8-11/h6-10,16H,4-5H2,1-3H3,(H,17,18). The number of benzene rings is 1. The monoisotopic (exact) mass is 333 g/mol. The van der Waals surface area contributed by atoms with Gasteiger partial charge in [0.1, 0.15) is 0 Å². The van der Waals surface area contributed by atoms with Crippen LogP contribution in [0.4, 0.5) is 0 Å². The molecule has 118 valence electrons. The van der Waals surface area contributed by atoms with E-state index in [1.807, 2.05) is 0 Å². The van der Waals surface area contributed by atoms with Crippen molar-refractivity contribution in [2.75, 3.05) is 0 Å². The van der Waals surface area contributed by atoms with Crippen LogP contribution in [0.15, 0.2) is 23.1 Å². The van der Waals surface area contributed by atoms with E-state index in [2.05, 4.69) is 18.6 Å². The average Bonchev–Trinajstić information content (AvgIpc) is 2.35. The summed E-state index contributed by atoms with van der Waals surface area (Å²) in [6, 6.07) is 3.39. The third-order valence-electron chi connectivity index (χ3n) is 3.01. The van der Waals surface area contributed by atoms with E-state index in [-0.39, 0.29) is 21.5 Å². The normalized spacial score (nSPS) is 13.4. The van der Waals surface area contributed by atoms with Crippen LogP contribution in [0.2, 0.25) is 5.02 Å². The Morgan fingerprint density at radius 1 is 1.29 bits per heavy atom. The van der Waals surface area contributed by atoms with E-state index in [4.69, 9.17) is 16.7 Å². The second-order valence-electron chi connectivity index (χ2n) is 5.44. The molecular formula is C14H20ClNO4S. The summed E-state index contributed by atoms with van der Waals surface area (Å²) in [5.41, 5.74) is -0.122. The molecule has 1 atom stereocenters. The molecule has 0 saturated heterocycles. The zero-order chi connectivity index (χ0) is 16.2. The maximum atomic E-state index is 12.2. The summed E-state index contributed by atoms with van der Waals surface area (Å²) >= 11 is 5.80. The Hall–Kier alpha value is -1.11. The van der Waals surface area contributed by atoms with Crippen molar-refractivity contribution in [2.45, 2.75) is 44.6 Å². The van der Waals surface area contributed by atoms with Crippen LogP contribution < -0.4 is 4.72 Å². The molecular weight excluding hydrogens is 314 g/mol. The van der Waals surface area contributed by atoms with Gasteiger partial charge in [-0.3, -0.25) is 0 Å². The molecule has 0 heterocycles. The Labute approximate surface area is 130 Å². The van der Waals surface area contributed by atoms with Gasteiger partial charge in [-0.15, -0.1) is 0 Å². The number of sulfonamides is 1. The van der Waals surface area contributed by atoms with E-state index < -0.39 is 16.0 Å². The highest BCUT2D eigenvalue weighted by Gasteiger charge is 2.20. The number of halogens is 1. The first-order valence-electron chi connectivity index (χ1n) is 6.68. The van der Waals surface area contributed by atoms with Crippen LogP contribution >= 0.6 is 11.6 Å². The van der Waals surface area contributed by atoms with E-state index in [1.54, 1.807) is 6.92 Å². The minimum atomic E-state index is -3.70. The summed E-state index contributed by atoms with van der Waals surface area (Å²) < 4.78 is 27.0. The Balaban J connectivity index is 2.88. The van der Waals surface area contributed by atoms with E-state index in [0.717, 1.165) is 18.9 Å². The maximum absolute atomic E-state index is 12.2. The molecule has 1 rings (SSSR count). The third kappa shape index (κ3) is 5.30. The molecule has 1 aromatic carbocycles. The first-order valence-corrected chi connectivity index (χ1v) is 8.54. The van der Waals surface area contributed by atoms with Crippen LogP contribution in [0.5, 0.6) is 0 Å². The number of carbonyl (C=O) groups is 1. The molecule has 2 N–H and O–H groups in total. The van der Waals surface area contributed by atoms with E-state index in [9.17, 15) is 13.2 Å². The lowest BCUT2D eigenvalue weighted by Crippen LogP contribution is -2.32. The zero-order valence-corrected chi connectivity index (χ0v) is 13.8. The molecule has 0 bridgehead atoms. The summed E-state index contributed by atoms with van der Waals surface area (Å²) in [5, 5.41) is 8.78. The van der Waals surface area contributed by atoms with Gasteiger partial charge in [0.05, 0.1) is 15.5 Å². The summed E-state index contributed by atoms with van der Waals surface area (Å²) in [5.74, 6) is -0.691. The molecule has 1 unspecified atom stereocenters. The van der Waals surface area contributed by atoms with Crippen molar-refractivity contribution in [3.05, 3.63) is 28.8 Å². The number of hydrogen-bond acceptors (Lipinski definition) is 3. The molecule has 21 heavy (non-hydrogen) atoms. The van der Waals surface area contributed by atoms with E-state index in [1.165, 1.54) is 12.1 Å². The fourth-order valence-corrected chi connectivity index (χ4v) is 3.44. The second kappa shape index (κ2) is 7.24. The average molecular weight is 334 g/mol. The van der Waals surface area contributed by atoms with Crippen LogP contribution in [0.25, 0.3) is 0 Å². The number of nitrogens with one attached hydrogen (secondary N) is 1. The highest BCUT2D eigenvalue weighted by Crippen LogP contribution is 2.21. The fourth-order valence-electron chi connectivity index (χ4n) is 1.81. The van der Waals surface area contributed by atoms with Gasteiger partial charge in [0, 0.05) is 6.04 Å². The van der Waals surface area contributed by atoms with Gasteiger partial charge < -0.3 is 5.11 Å². The molecule has 7 heteroatoms. The molecule has 0 aliphatic rings. The van der Waals surface area contributed by atoms with Crippen molar-refractivity contribution in [2.24, 2.45) is 5.92 Å². The van der Waals surface area contributed by atoms with Gasteiger partial charge in [0.15, 0.2) is 0 Å². The lowest BCUT2D eigenvalue weighted by Gasteiger charge is -2.15. The summed E-state index contributed by atoms with van der Waals surface area (Å²) in [6.45, 7) is 5.95. The van der Waals surface area contributed by atoms with Crippen LogP contribution in [0.3, 0.4) is 0 Å². The SMILES string of the molecule is CC(C)CCC(C)NS(=O)(=O)c1ccc(C(=O)O)c(Cl)c1. The van der Waals surface area contributed by atoms with Gasteiger partial charge in [-0.05, 0) is 43.9 Å². The first-order chi connectivity index (χ1) is 9.63. The van der Waals surface area contributed by atoms with Crippen LogP contribution in [-0.2, 0) is 10.0 Å². The number of hydrogen-bond donors (Lipinski definition) is 2. The minimum Gasteiger partial charge on any atom is -0.478 e. The number of carboxylic acids is 1. The Morgan fingerprint density at radius 2 is 1.90 bits per heavy atom. The van der Waals surface area contributed by atoms with Crippen molar-refractivity contribution in [1.29, 1.82) is 0 Å². The van der Waals surface area contributed by atoms with Crippen LogP contribution in [0.1, 0.15) is 44.0 Å². The van der Waals surface area contributed by atoms with Crippen molar-refractivity contribution in [1.82, 2.24) is 4.72 Å². The van der Waals surface area contributed by atoms with Crippen molar-refractivity contribution in [3.8, 4) is 0 Å². The molecule has 0 spiro atoms. The molecule has 5 nitrogen and oxygen atoms in total. The van der Waals surface area contributed by atoms with E-state index in [0.29, 0.717) is 5.92 Å². The molecule has 0 saturated carbocycles. The zero-order valence-electron chi connectivity index (χ0n) is 12.3. The van der Waals surface area contributed by atoms with Crippen molar-refractivity contribution in [3.63, 3.8) is 0 Å². The number of carboxylic acid groups (broad SMARTS) is 1.